The van der Waals surface area contributed by atoms with Crippen molar-refractivity contribution in [1.29, 1.82) is 0 Å². The number of esters is 1. The van der Waals surface area contributed by atoms with E-state index in [4.69, 9.17) is 4.74 Å². The number of rotatable bonds is 10. The summed E-state index contributed by atoms with van der Waals surface area (Å²) in [7, 11) is 1.39. The van der Waals surface area contributed by atoms with E-state index in [1.807, 2.05) is 24.4 Å². The van der Waals surface area contributed by atoms with Crippen LogP contribution in [0.3, 0.4) is 0 Å². The van der Waals surface area contributed by atoms with Gasteiger partial charge in [0.2, 0.25) is 0 Å². The highest BCUT2D eigenvalue weighted by atomic mass is 16.5. The van der Waals surface area contributed by atoms with E-state index in [1.54, 1.807) is 6.07 Å². The van der Waals surface area contributed by atoms with Crippen molar-refractivity contribution in [2.45, 2.75) is 58.8 Å². The van der Waals surface area contributed by atoms with Crippen molar-refractivity contribution in [2.75, 3.05) is 7.11 Å². The second-order valence-electron chi connectivity index (χ2n) is 5.82. The Balaban J connectivity index is 2.42. The average Bonchev–Trinajstić information content (AvgIpc) is 2.55. The van der Waals surface area contributed by atoms with Gasteiger partial charge in [-0.1, -0.05) is 64.5 Å². The Morgan fingerprint density at radius 2 is 1.86 bits per heavy atom. The molecule has 1 aromatic rings. The monoisotopic (exact) mass is 303 g/mol. The lowest BCUT2D eigenvalue weighted by atomic mass is 10.0. The third-order valence-corrected chi connectivity index (χ3v) is 3.79. The van der Waals surface area contributed by atoms with Gasteiger partial charge in [-0.05, 0) is 24.5 Å². The number of benzene rings is 1. The number of unbranched alkanes of at least 4 members (excludes halogenated alkanes) is 5. The summed E-state index contributed by atoms with van der Waals surface area (Å²) in [5.41, 5.74) is 1.21. The fourth-order valence-electron chi connectivity index (χ4n) is 2.40. The van der Waals surface area contributed by atoms with Gasteiger partial charge in [-0.2, -0.15) is 0 Å². The summed E-state index contributed by atoms with van der Waals surface area (Å²) >= 11 is 0. The van der Waals surface area contributed by atoms with Crippen LogP contribution in [-0.2, 0) is 4.74 Å². The van der Waals surface area contributed by atoms with Crippen molar-refractivity contribution in [3.63, 3.8) is 0 Å². The lowest BCUT2D eigenvalue weighted by molar-refractivity contribution is 0.0601. The van der Waals surface area contributed by atoms with Crippen LogP contribution in [0.5, 0.6) is 0 Å². The highest BCUT2D eigenvalue weighted by molar-refractivity contribution is 5.95. The molecule has 0 aromatic heterocycles. The molecule has 1 aromatic carbocycles. The van der Waals surface area contributed by atoms with Crippen molar-refractivity contribution < 1.29 is 9.53 Å². The summed E-state index contributed by atoms with van der Waals surface area (Å²) in [6.07, 6.45) is 11.0. The molecule has 0 saturated carbocycles. The largest absolute Gasteiger partial charge is 0.465 e. The Morgan fingerprint density at radius 1 is 1.18 bits per heavy atom. The molecule has 3 heteroatoms. The number of aliphatic imine (C=N–C) groups is 1. The average molecular weight is 303 g/mol. The van der Waals surface area contributed by atoms with E-state index in [0.29, 0.717) is 17.2 Å². The first-order valence-corrected chi connectivity index (χ1v) is 8.40. The van der Waals surface area contributed by atoms with E-state index in [2.05, 4.69) is 18.8 Å². The molecular weight excluding hydrogens is 274 g/mol. The van der Waals surface area contributed by atoms with Gasteiger partial charge in [-0.25, -0.2) is 4.79 Å². The molecule has 0 aliphatic carbocycles. The molecule has 0 fully saturated rings. The van der Waals surface area contributed by atoms with Crippen LogP contribution >= 0.6 is 0 Å². The zero-order valence-corrected chi connectivity index (χ0v) is 14.2. The summed E-state index contributed by atoms with van der Waals surface area (Å²) in [5.74, 6) is 0.0909. The van der Waals surface area contributed by atoms with E-state index in [9.17, 15) is 4.79 Å². The van der Waals surface area contributed by atoms with Crippen LogP contribution in [-0.4, -0.2) is 19.3 Å². The van der Waals surface area contributed by atoms with Crippen molar-refractivity contribution in [2.24, 2.45) is 10.9 Å². The SMILES string of the molecule is CCCCCCCCC(C)C=Nc1ccccc1C(=O)OC. The number of methoxy groups -OCH3 is 1. The third-order valence-electron chi connectivity index (χ3n) is 3.79. The van der Waals surface area contributed by atoms with Gasteiger partial charge in [0.05, 0.1) is 18.4 Å². The van der Waals surface area contributed by atoms with Crippen LogP contribution < -0.4 is 0 Å². The van der Waals surface area contributed by atoms with Gasteiger partial charge < -0.3 is 4.74 Å². The predicted molar refractivity (Wildman–Crippen MR) is 93.1 cm³/mol. The minimum atomic E-state index is -0.337. The summed E-state index contributed by atoms with van der Waals surface area (Å²) in [5, 5.41) is 0. The summed E-state index contributed by atoms with van der Waals surface area (Å²) in [4.78, 5) is 16.2. The molecule has 0 N–H and O–H groups in total. The van der Waals surface area contributed by atoms with Crippen LogP contribution in [0.4, 0.5) is 5.69 Å². The van der Waals surface area contributed by atoms with Crippen molar-refractivity contribution in [1.82, 2.24) is 0 Å². The molecule has 1 rings (SSSR count). The van der Waals surface area contributed by atoms with E-state index >= 15 is 0 Å². The molecule has 1 atom stereocenters. The molecule has 0 radical (unpaired) electrons. The normalized spacial score (nSPS) is 12.5. The Bertz CT molecular complexity index is 468. The molecule has 0 aliphatic heterocycles. The molecule has 0 saturated heterocycles. The molecule has 3 nitrogen and oxygen atoms in total. The predicted octanol–water partition coefficient (Wildman–Crippen LogP) is 5.56. The van der Waals surface area contributed by atoms with E-state index in [1.165, 1.54) is 45.6 Å². The maximum atomic E-state index is 11.7. The highest BCUT2D eigenvalue weighted by Crippen LogP contribution is 2.20. The van der Waals surface area contributed by atoms with Crippen molar-refractivity contribution >= 4 is 17.9 Å². The number of nitrogens with zero attached hydrogens (tertiary/aromatic N) is 1. The number of ether oxygens (including phenoxy) is 1. The van der Waals surface area contributed by atoms with Crippen molar-refractivity contribution in [3.8, 4) is 0 Å². The Kier molecular flexibility index (Phi) is 9.20. The minimum absolute atomic E-state index is 0.337. The standard InChI is InChI=1S/C19H29NO2/c1-4-5-6-7-8-9-12-16(2)15-20-18-14-11-10-13-17(18)19(21)22-3/h10-11,13-16H,4-9,12H2,1-3H3. The maximum absolute atomic E-state index is 11.7. The number of hydrogen-bond acceptors (Lipinski definition) is 3. The first-order valence-electron chi connectivity index (χ1n) is 8.40. The van der Waals surface area contributed by atoms with Gasteiger partial charge in [-0.3, -0.25) is 4.99 Å². The van der Waals surface area contributed by atoms with Gasteiger partial charge >= 0.3 is 5.97 Å². The molecule has 0 heterocycles. The van der Waals surface area contributed by atoms with Crippen LogP contribution in [0.15, 0.2) is 29.3 Å². The second kappa shape index (κ2) is 11.0. The molecule has 0 bridgehead atoms. The summed E-state index contributed by atoms with van der Waals surface area (Å²) in [6.45, 7) is 4.42. The Hall–Kier alpha value is -1.64. The number of carbonyl (C=O) groups is 1. The topological polar surface area (TPSA) is 38.7 Å². The second-order valence-corrected chi connectivity index (χ2v) is 5.82. The molecule has 0 amide bonds. The van der Waals surface area contributed by atoms with Crippen LogP contribution in [0.25, 0.3) is 0 Å². The molecule has 0 aliphatic rings. The molecule has 122 valence electrons. The first-order chi connectivity index (χ1) is 10.7. The zero-order valence-electron chi connectivity index (χ0n) is 14.2. The Morgan fingerprint density at radius 3 is 2.59 bits per heavy atom. The lowest BCUT2D eigenvalue weighted by Crippen LogP contribution is -2.02. The van der Waals surface area contributed by atoms with E-state index < -0.39 is 0 Å². The van der Waals surface area contributed by atoms with E-state index in [0.717, 1.165) is 6.42 Å². The molecule has 22 heavy (non-hydrogen) atoms. The van der Waals surface area contributed by atoms with Gasteiger partial charge in [-0.15, -0.1) is 0 Å². The van der Waals surface area contributed by atoms with Gasteiger partial charge in [0, 0.05) is 6.21 Å². The fourth-order valence-corrected chi connectivity index (χ4v) is 2.40. The summed E-state index contributed by atoms with van der Waals surface area (Å²) < 4.78 is 4.78. The fraction of sp³-hybridized carbons (Fsp3) is 0.579. The quantitative estimate of drug-likeness (QED) is 0.322. The highest BCUT2D eigenvalue weighted by Gasteiger charge is 2.09. The third kappa shape index (κ3) is 6.88. The van der Waals surface area contributed by atoms with Crippen LogP contribution in [0.1, 0.15) is 69.2 Å². The number of hydrogen-bond donors (Lipinski definition) is 0. The summed E-state index contributed by atoms with van der Waals surface area (Å²) in [6, 6.07) is 7.31. The van der Waals surface area contributed by atoms with Gasteiger partial charge in [0.25, 0.3) is 0 Å². The Labute approximate surface area is 134 Å². The minimum Gasteiger partial charge on any atom is -0.465 e. The first kappa shape index (κ1) is 18.4. The molecule has 0 spiro atoms. The van der Waals surface area contributed by atoms with Gasteiger partial charge in [0.1, 0.15) is 0 Å². The molecule has 1 unspecified atom stereocenters. The lowest BCUT2D eigenvalue weighted by Gasteiger charge is -2.07. The zero-order chi connectivity index (χ0) is 16.2. The number of carbonyl (C=O) groups excluding carboxylic acids is 1. The smallest absolute Gasteiger partial charge is 0.340 e. The maximum Gasteiger partial charge on any atom is 0.340 e. The van der Waals surface area contributed by atoms with Gasteiger partial charge in [0.15, 0.2) is 0 Å². The van der Waals surface area contributed by atoms with E-state index in [-0.39, 0.29) is 5.97 Å². The number of para-hydroxylation sites is 1. The van der Waals surface area contributed by atoms with Crippen LogP contribution in [0.2, 0.25) is 0 Å². The molecular formula is C19H29NO2. The van der Waals surface area contributed by atoms with Crippen LogP contribution in [0, 0.1) is 5.92 Å². The van der Waals surface area contributed by atoms with Crippen molar-refractivity contribution in [3.05, 3.63) is 29.8 Å².